The lowest BCUT2D eigenvalue weighted by molar-refractivity contribution is -0.153. The standard InChI is InChI=1S/C12H18N2O5/c1-13(2)10(15)6-19-7-4-14(5-7)11(16)8-3-9(8)12(17)18/h7-9H,3-6H2,1-2H3,(H,17,18). The van der Waals surface area contributed by atoms with E-state index in [9.17, 15) is 14.4 Å². The van der Waals surface area contributed by atoms with E-state index in [1.165, 1.54) is 4.90 Å². The number of rotatable bonds is 5. The van der Waals surface area contributed by atoms with Crippen LogP contribution in [0.25, 0.3) is 0 Å². The predicted octanol–water partition coefficient (Wildman–Crippen LogP) is -0.977. The van der Waals surface area contributed by atoms with Gasteiger partial charge in [0, 0.05) is 27.2 Å². The summed E-state index contributed by atoms with van der Waals surface area (Å²) in [6, 6.07) is 0. The summed E-state index contributed by atoms with van der Waals surface area (Å²) in [5.74, 6) is -1.99. The quantitative estimate of drug-likeness (QED) is 0.694. The summed E-state index contributed by atoms with van der Waals surface area (Å²) in [6.45, 7) is 0.908. The van der Waals surface area contributed by atoms with Gasteiger partial charge in [-0.25, -0.2) is 0 Å². The van der Waals surface area contributed by atoms with Crippen LogP contribution in [0.2, 0.25) is 0 Å². The van der Waals surface area contributed by atoms with Crippen molar-refractivity contribution in [2.75, 3.05) is 33.8 Å². The van der Waals surface area contributed by atoms with Crippen LogP contribution in [-0.2, 0) is 19.1 Å². The van der Waals surface area contributed by atoms with E-state index in [4.69, 9.17) is 9.84 Å². The lowest BCUT2D eigenvalue weighted by Gasteiger charge is -2.39. The summed E-state index contributed by atoms with van der Waals surface area (Å²) >= 11 is 0. The maximum Gasteiger partial charge on any atom is 0.307 e. The number of carbonyl (C=O) groups excluding carboxylic acids is 2. The van der Waals surface area contributed by atoms with Gasteiger partial charge >= 0.3 is 5.97 Å². The van der Waals surface area contributed by atoms with Crippen LogP contribution in [0.3, 0.4) is 0 Å². The van der Waals surface area contributed by atoms with Gasteiger partial charge < -0.3 is 19.6 Å². The lowest BCUT2D eigenvalue weighted by atomic mass is 10.1. The molecule has 0 bridgehead atoms. The molecule has 0 aromatic heterocycles. The van der Waals surface area contributed by atoms with E-state index in [2.05, 4.69) is 0 Å². The third-order valence-corrected chi connectivity index (χ3v) is 3.53. The number of likely N-dealkylation sites (N-methyl/N-ethyl adjacent to an activating group) is 1. The minimum absolute atomic E-state index is 0.0148. The average molecular weight is 270 g/mol. The minimum atomic E-state index is -0.900. The van der Waals surface area contributed by atoms with Gasteiger partial charge in [0.25, 0.3) is 0 Å². The van der Waals surface area contributed by atoms with Gasteiger partial charge in [0.2, 0.25) is 11.8 Å². The molecule has 19 heavy (non-hydrogen) atoms. The van der Waals surface area contributed by atoms with Crippen molar-refractivity contribution in [2.45, 2.75) is 12.5 Å². The number of amides is 2. The summed E-state index contributed by atoms with van der Waals surface area (Å²) in [5.41, 5.74) is 0. The van der Waals surface area contributed by atoms with Crippen molar-refractivity contribution < 1.29 is 24.2 Å². The lowest BCUT2D eigenvalue weighted by Crippen LogP contribution is -2.56. The van der Waals surface area contributed by atoms with Crippen LogP contribution >= 0.6 is 0 Å². The molecule has 0 spiro atoms. The first-order chi connectivity index (χ1) is 8.90. The Morgan fingerprint density at radius 1 is 1.26 bits per heavy atom. The van der Waals surface area contributed by atoms with E-state index in [-0.39, 0.29) is 30.4 Å². The topological polar surface area (TPSA) is 87.2 Å². The van der Waals surface area contributed by atoms with Crippen LogP contribution in [-0.4, -0.2) is 72.6 Å². The largest absolute Gasteiger partial charge is 0.481 e. The van der Waals surface area contributed by atoms with Crippen LogP contribution in [0.4, 0.5) is 0 Å². The number of ether oxygens (including phenoxy) is 1. The average Bonchev–Trinajstić information content (AvgIpc) is 3.05. The molecule has 0 aromatic rings. The summed E-state index contributed by atoms with van der Waals surface area (Å²) < 4.78 is 5.35. The fraction of sp³-hybridized carbons (Fsp3) is 0.750. The zero-order chi connectivity index (χ0) is 14.2. The molecule has 1 aliphatic carbocycles. The second kappa shape index (κ2) is 5.16. The Hall–Kier alpha value is -1.63. The second-order valence-electron chi connectivity index (χ2n) is 5.25. The van der Waals surface area contributed by atoms with Gasteiger partial charge in [-0.2, -0.15) is 0 Å². The molecule has 1 heterocycles. The molecule has 7 heteroatoms. The van der Waals surface area contributed by atoms with Crippen LogP contribution in [0.5, 0.6) is 0 Å². The van der Waals surface area contributed by atoms with Gasteiger partial charge in [0.05, 0.1) is 17.9 Å². The Morgan fingerprint density at radius 2 is 1.89 bits per heavy atom. The smallest absolute Gasteiger partial charge is 0.307 e. The van der Waals surface area contributed by atoms with Crippen LogP contribution in [0.1, 0.15) is 6.42 Å². The predicted molar refractivity (Wildman–Crippen MR) is 64.2 cm³/mol. The first-order valence-corrected chi connectivity index (χ1v) is 6.23. The maximum atomic E-state index is 11.8. The molecule has 2 unspecified atom stereocenters. The van der Waals surface area contributed by atoms with Crippen molar-refractivity contribution in [3.8, 4) is 0 Å². The molecular formula is C12H18N2O5. The van der Waals surface area contributed by atoms with Crippen LogP contribution < -0.4 is 0 Å². The van der Waals surface area contributed by atoms with E-state index in [0.717, 1.165) is 0 Å². The molecule has 1 saturated carbocycles. The van der Waals surface area contributed by atoms with Gasteiger partial charge in [0.1, 0.15) is 6.61 Å². The summed E-state index contributed by atoms with van der Waals surface area (Å²) in [4.78, 5) is 36.8. The Bertz CT molecular complexity index is 403. The van der Waals surface area contributed by atoms with Gasteiger partial charge in [-0.15, -0.1) is 0 Å². The summed E-state index contributed by atoms with van der Waals surface area (Å²) in [6.07, 6.45) is 0.324. The van der Waals surface area contributed by atoms with Crippen LogP contribution in [0, 0.1) is 11.8 Å². The number of carboxylic acid groups (broad SMARTS) is 1. The van der Waals surface area contributed by atoms with Gasteiger partial charge in [-0.3, -0.25) is 14.4 Å². The van der Waals surface area contributed by atoms with Gasteiger partial charge in [-0.1, -0.05) is 0 Å². The molecule has 2 rings (SSSR count). The minimum Gasteiger partial charge on any atom is -0.481 e. The van der Waals surface area contributed by atoms with E-state index in [0.29, 0.717) is 19.5 Å². The van der Waals surface area contributed by atoms with Crippen LogP contribution in [0.15, 0.2) is 0 Å². The maximum absolute atomic E-state index is 11.8. The molecule has 0 radical (unpaired) electrons. The van der Waals surface area contributed by atoms with E-state index >= 15 is 0 Å². The third kappa shape index (κ3) is 3.04. The van der Waals surface area contributed by atoms with E-state index in [1.54, 1.807) is 19.0 Å². The molecule has 0 aromatic carbocycles. The Balaban J connectivity index is 1.65. The molecule has 2 fully saturated rings. The molecule has 2 atom stereocenters. The molecule has 1 aliphatic heterocycles. The number of hydrogen-bond donors (Lipinski definition) is 1. The number of aliphatic carboxylic acids is 1. The van der Waals surface area contributed by atoms with Crippen molar-refractivity contribution in [3.63, 3.8) is 0 Å². The molecule has 1 saturated heterocycles. The molecule has 1 N–H and O–H groups in total. The summed E-state index contributed by atoms with van der Waals surface area (Å²) in [5, 5.41) is 8.76. The number of carbonyl (C=O) groups is 3. The van der Waals surface area contributed by atoms with Crippen molar-refractivity contribution >= 4 is 17.8 Å². The second-order valence-corrected chi connectivity index (χ2v) is 5.25. The number of carboxylic acids is 1. The van der Waals surface area contributed by atoms with Gasteiger partial charge in [0.15, 0.2) is 0 Å². The zero-order valence-electron chi connectivity index (χ0n) is 11.0. The normalized spacial score (nSPS) is 25.7. The SMILES string of the molecule is CN(C)C(=O)COC1CN(C(=O)C2CC2C(=O)O)C1. The highest BCUT2D eigenvalue weighted by molar-refractivity contribution is 5.90. The Labute approximate surface area is 111 Å². The fourth-order valence-electron chi connectivity index (χ4n) is 2.02. The van der Waals surface area contributed by atoms with Crippen molar-refractivity contribution in [2.24, 2.45) is 11.8 Å². The zero-order valence-corrected chi connectivity index (χ0v) is 11.0. The number of hydrogen-bond acceptors (Lipinski definition) is 4. The Morgan fingerprint density at radius 3 is 2.37 bits per heavy atom. The van der Waals surface area contributed by atoms with Crippen molar-refractivity contribution in [3.05, 3.63) is 0 Å². The Kier molecular flexibility index (Phi) is 3.75. The van der Waals surface area contributed by atoms with E-state index < -0.39 is 11.9 Å². The molecule has 2 aliphatic rings. The summed E-state index contributed by atoms with van der Waals surface area (Å²) in [7, 11) is 3.31. The van der Waals surface area contributed by atoms with E-state index in [1.807, 2.05) is 0 Å². The first-order valence-electron chi connectivity index (χ1n) is 6.23. The van der Waals surface area contributed by atoms with Gasteiger partial charge in [-0.05, 0) is 6.42 Å². The molecular weight excluding hydrogens is 252 g/mol. The van der Waals surface area contributed by atoms with Crippen molar-refractivity contribution in [1.29, 1.82) is 0 Å². The third-order valence-electron chi connectivity index (χ3n) is 3.53. The highest BCUT2D eigenvalue weighted by Crippen LogP contribution is 2.40. The fourth-order valence-corrected chi connectivity index (χ4v) is 2.02. The monoisotopic (exact) mass is 270 g/mol. The molecule has 7 nitrogen and oxygen atoms in total. The highest BCUT2D eigenvalue weighted by atomic mass is 16.5. The van der Waals surface area contributed by atoms with Crippen molar-refractivity contribution in [1.82, 2.24) is 9.80 Å². The molecule has 106 valence electrons. The number of likely N-dealkylation sites (tertiary alicyclic amines) is 1. The molecule has 2 amide bonds. The highest BCUT2D eigenvalue weighted by Gasteiger charge is 2.51. The first kappa shape index (κ1) is 13.8. The number of nitrogens with zero attached hydrogens (tertiary/aromatic N) is 2.